The third-order valence-electron chi connectivity index (χ3n) is 3.87. The Labute approximate surface area is 116 Å². The minimum absolute atomic E-state index is 0.153. The van der Waals surface area contributed by atoms with Crippen LogP contribution in [0.1, 0.15) is 43.6 Å². The van der Waals surface area contributed by atoms with Crippen molar-refractivity contribution in [3.8, 4) is 0 Å². The van der Waals surface area contributed by atoms with Gasteiger partial charge in [0.15, 0.2) is 0 Å². The van der Waals surface area contributed by atoms with Crippen molar-refractivity contribution in [3.63, 3.8) is 0 Å². The molecule has 0 saturated heterocycles. The van der Waals surface area contributed by atoms with Gasteiger partial charge in [0.1, 0.15) is 0 Å². The lowest BCUT2D eigenvalue weighted by atomic mass is 10.1. The van der Waals surface area contributed by atoms with Gasteiger partial charge in [0.05, 0.1) is 18.8 Å². The van der Waals surface area contributed by atoms with Gasteiger partial charge in [0, 0.05) is 30.4 Å². The Morgan fingerprint density at radius 2 is 2.05 bits per heavy atom. The first-order valence-electron chi connectivity index (χ1n) is 7.40. The normalized spacial score (nSPS) is 15.7. The highest BCUT2D eigenvalue weighted by Gasteiger charge is 2.30. The molecule has 1 aliphatic rings. The Kier molecular flexibility index (Phi) is 4.63. The summed E-state index contributed by atoms with van der Waals surface area (Å²) >= 11 is 0. The molecule has 1 aromatic rings. The number of hydrogen-bond donors (Lipinski definition) is 1. The minimum Gasteiger partial charge on any atom is -0.394 e. The Hall–Kier alpha value is -0.870. The highest BCUT2D eigenvalue weighted by Crippen LogP contribution is 2.30. The van der Waals surface area contributed by atoms with Crippen LogP contribution in [0.25, 0.3) is 0 Å². The lowest BCUT2D eigenvalue weighted by Crippen LogP contribution is -2.30. The molecule has 4 nitrogen and oxygen atoms in total. The summed E-state index contributed by atoms with van der Waals surface area (Å²) in [6.07, 6.45) is 2.69. The molecule has 0 aliphatic heterocycles. The van der Waals surface area contributed by atoms with Gasteiger partial charge in [-0.05, 0) is 32.6 Å². The minimum atomic E-state index is 0.153. The number of aliphatic hydroxyl groups is 1. The summed E-state index contributed by atoms with van der Waals surface area (Å²) < 4.78 is 1.94. The predicted octanol–water partition coefficient (Wildman–Crippen LogP) is 2.11. The molecule has 1 aliphatic carbocycles. The fourth-order valence-corrected chi connectivity index (χ4v) is 2.73. The van der Waals surface area contributed by atoms with E-state index in [0.29, 0.717) is 12.5 Å². The second-order valence-corrected chi connectivity index (χ2v) is 6.15. The fraction of sp³-hybridized carbons (Fsp3) is 0.800. The molecule has 1 heterocycles. The van der Waals surface area contributed by atoms with E-state index in [1.807, 2.05) is 4.68 Å². The molecule has 0 spiro atoms. The summed E-state index contributed by atoms with van der Waals surface area (Å²) in [5.41, 5.74) is 3.67. The first-order chi connectivity index (χ1) is 9.02. The molecular formula is C15H27N3O. The second kappa shape index (κ2) is 6.06. The average Bonchev–Trinajstić information content (AvgIpc) is 3.12. The van der Waals surface area contributed by atoms with Gasteiger partial charge in [0.25, 0.3) is 0 Å². The van der Waals surface area contributed by atoms with Gasteiger partial charge in [-0.2, -0.15) is 5.10 Å². The van der Waals surface area contributed by atoms with Crippen LogP contribution < -0.4 is 0 Å². The van der Waals surface area contributed by atoms with E-state index in [1.54, 1.807) is 0 Å². The van der Waals surface area contributed by atoms with E-state index >= 15 is 0 Å². The number of rotatable bonds is 7. The number of nitrogens with zero attached hydrogens (tertiary/aromatic N) is 3. The quantitative estimate of drug-likeness (QED) is 0.821. The number of hydrogen-bond acceptors (Lipinski definition) is 3. The van der Waals surface area contributed by atoms with Crippen LogP contribution in [0.2, 0.25) is 0 Å². The summed E-state index contributed by atoms with van der Waals surface area (Å²) in [5.74, 6) is 0.702. The van der Waals surface area contributed by atoms with E-state index in [2.05, 4.69) is 37.7 Å². The SMILES string of the molecule is Cc1nn(CCO)c(C)c1CN(CC(C)C)C1CC1. The fourth-order valence-electron chi connectivity index (χ4n) is 2.73. The van der Waals surface area contributed by atoms with Crippen molar-refractivity contribution in [1.82, 2.24) is 14.7 Å². The standard InChI is InChI=1S/C15H27N3O/c1-11(2)9-17(14-5-6-14)10-15-12(3)16-18(7-8-19)13(15)4/h11,14,19H,5-10H2,1-4H3. The van der Waals surface area contributed by atoms with Crippen molar-refractivity contribution in [2.45, 2.75) is 59.7 Å². The van der Waals surface area contributed by atoms with Gasteiger partial charge in [-0.3, -0.25) is 9.58 Å². The van der Waals surface area contributed by atoms with E-state index in [0.717, 1.165) is 24.8 Å². The van der Waals surface area contributed by atoms with Crippen LogP contribution in [-0.2, 0) is 13.1 Å². The molecule has 0 atom stereocenters. The Morgan fingerprint density at radius 3 is 2.58 bits per heavy atom. The van der Waals surface area contributed by atoms with Gasteiger partial charge in [-0.25, -0.2) is 0 Å². The lowest BCUT2D eigenvalue weighted by Gasteiger charge is -2.24. The number of aliphatic hydroxyl groups excluding tert-OH is 1. The van der Waals surface area contributed by atoms with Crippen molar-refractivity contribution in [2.24, 2.45) is 5.92 Å². The molecule has 0 bridgehead atoms. The van der Waals surface area contributed by atoms with E-state index in [4.69, 9.17) is 5.11 Å². The zero-order valence-corrected chi connectivity index (χ0v) is 12.7. The number of aromatic nitrogens is 2. The molecule has 1 aromatic heterocycles. The maximum Gasteiger partial charge on any atom is 0.0644 e. The summed E-state index contributed by atoms with van der Waals surface area (Å²) in [6, 6.07) is 0.780. The third-order valence-corrected chi connectivity index (χ3v) is 3.87. The summed E-state index contributed by atoms with van der Waals surface area (Å²) in [7, 11) is 0. The first kappa shape index (κ1) is 14.5. The van der Waals surface area contributed by atoms with Crippen LogP contribution >= 0.6 is 0 Å². The molecular weight excluding hydrogens is 238 g/mol. The van der Waals surface area contributed by atoms with Crippen LogP contribution in [0.3, 0.4) is 0 Å². The van der Waals surface area contributed by atoms with Crippen LogP contribution in [-0.4, -0.2) is 39.0 Å². The monoisotopic (exact) mass is 265 g/mol. The molecule has 1 saturated carbocycles. The van der Waals surface area contributed by atoms with Gasteiger partial charge < -0.3 is 5.11 Å². The van der Waals surface area contributed by atoms with Crippen molar-refractivity contribution < 1.29 is 5.11 Å². The second-order valence-electron chi connectivity index (χ2n) is 6.15. The van der Waals surface area contributed by atoms with Crippen LogP contribution in [0.5, 0.6) is 0 Å². The van der Waals surface area contributed by atoms with Gasteiger partial charge in [0.2, 0.25) is 0 Å². The first-order valence-corrected chi connectivity index (χ1v) is 7.40. The average molecular weight is 265 g/mol. The molecule has 0 amide bonds. The van der Waals surface area contributed by atoms with Gasteiger partial charge in [-0.1, -0.05) is 13.8 Å². The Morgan fingerprint density at radius 1 is 1.37 bits per heavy atom. The van der Waals surface area contributed by atoms with Crippen LogP contribution in [0, 0.1) is 19.8 Å². The predicted molar refractivity (Wildman–Crippen MR) is 77.1 cm³/mol. The molecule has 1 N–H and O–H groups in total. The van der Waals surface area contributed by atoms with Crippen LogP contribution in [0.4, 0.5) is 0 Å². The van der Waals surface area contributed by atoms with E-state index in [1.165, 1.54) is 24.1 Å². The summed E-state index contributed by atoms with van der Waals surface area (Å²) in [4.78, 5) is 2.60. The summed E-state index contributed by atoms with van der Waals surface area (Å²) in [5, 5.41) is 13.6. The van der Waals surface area contributed by atoms with Crippen molar-refractivity contribution >= 4 is 0 Å². The van der Waals surface area contributed by atoms with Crippen molar-refractivity contribution in [2.75, 3.05) is 13.2 Å². The molecule has 108 valence electrons. The molecule has 0 aromatic carbocycles. The largest absolute Gasteiger partial charge is 0.394 e. The molecule has 19 heavy (non-hydrogen) atoms. The maximum atomic E-state index is 9.07. The molecule has 2 rings (SSSR count). The molecule has 4 heteroatoms. The maximum absolute atomic E-state index is 9.07. The molecule has 1 fully saturated rings. The zero-order chi connectivity index (χ0) is 14.0. The Balaban J connectivity index is 2.12. The zero-order valence-electron chi connectivity index (χ0n) is 12.7. The molecule has 0 radical (unpaired) electrons. The van der Waals surface area contributed by atoms with Gasteiger partial charge in [-0.15, -0.1) is 0 Å². The smallest absolute Gasteiger partial charge is 0.0644 e. The summed E-state index contributed by atoms with van der Waals surface area (Å²) in [6.45, 7) is 11.7. The lowest BCUT2D eigenvalue weighted by molar-refractivity contribution is 0.225. The van der Waals surface area contributed by atoms with Crippen LogP contribution in [0.15, 0.2) is 0 Å². The third kappa shape index (κ3) is 3.57. The van der Waals surface area contributed by atoms with Gasteiger partial charge >= 0.3 is 0 Å². The van der Waals surface area contributed by atoms with E-state index in [9.17, 15) is 0 Å². The topological polar surface area (TPSA) is 41.3 Å². The van der Waals surface area contributed by atoms with E-state index in [-0.39, 0.29) is 6.61 Å². The van der Waals surface area contributed by atoms with E-state index < -0.39 is 0 Å². The number of aryl methyl sites for hydroxylation is 1. The highest BCUT2D eigenvalue weighted by molar-refractivity contribution is 5.24. The highest BCUT2D eigenvalue weighted by atomic mass is 16.3. The Bertz CT molecular complexity index is 421. The molecule has 0 unspecified atom stereocenters. The van der Waals surface area contributed by atoms with Crippen molar-refractivity contribution in [1.29, 1.82) is 0 Å². The van der Waals surface area contributed by atoms with Crippen molar-refractivity contribution in [3.05, 3.63) is 17.0 Å².